The van der Waals surface area contributed by atoms with E-state index >= 15 is 0 Å². The number of aliphatic hydroxyl groups is 4. The quantitative estimate of drug-likeness (QED) is 0.302. The van der Waals surface area contributed by atoms with Crippen molar-refractivity contribution in [2.75, 3.05) is 13.7 Å². The lowest BCUT2D eigenvalue weighted by Crippen LogP contribution is -2.60. The van der Waals surface area contributed by atoms with Crippen molar-refractivity contribution >= 4 is 11.0 Å². The Labute approximate surface area is 186 Å². The highest BCUT2D eigenvalue weighted by atomic mass is 16.7. The molecule has 0 radical (unpaired) electrons. The van der Waals surface area contributed by atoms with Crippen molar-refractivity contribution in [2.24, 2.45) is 0 Å². The van der Waals surface area contributed by atoms with E-state index in [1.165, 1.54) is 43.5 Å². The van der Waals surface area contributed by atoms with Crippen molar-refractivity contribution in [2.45, 2.75) is 30.7 Å². The van der Waals surface area contributed by atoms with Gasteiger partial charge in [-0.1, -0.05) is 0 Å². The average Bonchev–Trinajstić information content (AvgIpc) is 2.81. The number of aliphatic hydroxyl groups excluding tert-OH is 4. The number of phenolic OH excluding ortho intramolecular Hbond substituents is 2. The molecule has 33 heavy (non-hydrogen) atoms. The summed E-state index contributed by atoms with van der Waals surface area (Å²) >= 11 is 0. The van der Waals surface area contributed by atoms with E-state index in [4.69, 9.17) is 18.6 Å². The van der Waals surface area contributed by atoms with E-state index in [2.05, 4.69) is 0 Å². The van der Waals surface area contributed by atoms with Crippen LogP contribution < -0.4 is 14.9 Å². The van der Waals surface area contributed by atoms with Crippen molar-refractivity contribution in [3.63, 3.8) is 0 Å². The van der Waals surface area contributed by atoms with Crippen LogP contribution in [0.2, 0.25) is 0 Å². The Balaban J connectivity index is 1.91. The summed E-state index contributed by atoms with van der Waals surface area (Å²) in [7, 11) is 1.35. The SMILES string of the molecule is COc1ccc(O)c2c(=O)c(O[C@@H]3O[C@H](CO)[C@@H](O)[C@H](O)[C@H]3O)c(-c3ccc(O)cc3)oc12. The number of hydrogen-bond donors (Lipinski definition) is 6. The lowest BCUT2D eigenvalue weighted by atomic mass is 9.99. The molecule has 2 aromatic carbocycles. The first-order valence-corrected chi connectivity index (χ1v) is 9.90. The normalized spacial score (nSPS) is 25.2. The van der Waals surface area contributed by atoms with Crippen LogP contribution in [0.5, 0.6) is 23.0 Å². The second-order valence-corrected chi connectivity index (χ2v) is 7.44. The van der Waals surface area contributed by atoms with E-state index in [-0.39, 0.29) is 33.8 Å². The summed E-state index contributed by atoms with van der Waals surface area (Å²) in [6.07, 6.45) is -8.10. The van der Waals surface area contributed by atoms with Crippen molar-refractivity contribution < 1.29 is 49.3 Å². The lowest BCUT2D eigenvalue weighted by Gasteiger charge is -2.39. The van der Waals surface area contributed by atoms with Gasteiger partial charge in [0.25, 0.3) is 0 Å². The van der Waals surface area contributed by atoms with Gasteiger partial charge < -0.3 is 49.3 Å². The molecule has 11 heteroatoms. The molecule has 4 rings (SSSR count). The topological polar surface area (TPSA) is 179 Å². The first kappa shape index (κ1) is 22.8. The molecule has 1 aliphatic heterocycles. The molecule has 1 aromatic heterocycles. The zero-order valence-electron chi connectivity index (χ0n) is 17.3. The predicted octanol–water partition coefficient (Wildman–Crippen LogP) is 0.0585. The van der Waals surface area contributed by atoms with Crippen LogP contribution in [0.3, 0.4) is 0 Å². The molecule has 0 amide bonds. The minimum atomic E-state index is -1.79. The fourth-order valence-corrected chi connectivity index (χ4v) is 3.59. The summed E-state index contributed by atoms with van der Waals surface area (Å²) in [6, 6.07) is 8.20. The molecule has 1 fully saturated rings. The molecule has 1 saturated heterocycles. The average molecular weight is 462 g/mol. The summed E-state index contributed by atoms with van der Waals surface area (Å²) in [4.78, 5) is 13.4. The van der Waals surface area contributed by atoms with Gasteiger partial charge in [0.05, 0.1) is 13.7 Å². The minimum Gasteiger partial charge on any atom is -0.508 e. The van der Waals surface area contributed by atoms with Gasteiger partial charge in [-0.3, -0.25) is 4.79 Å². The summed E-state index contributed by atoms with van der Waals surface area (Å²) in [5, 5.41) is 59.5. The van der Waals surface area contributed by atoms with Gasteiger partial charge in [-0.15, -0.1) is 0 Å². The van der Waals surface area contributed by atoms with Gasteiger partial charge in [0.1, 0.15) is 41.3 Å². The van der Waals surface area contributed by atoms with Gasteiger partial charge >= 0.3 is 0 Å². The number of aromatic hydroxyl groups is 2. The Morgan fingerprint density at radius 1 is 0.970 bits per heavy atom. The highest BCUT2D eigenvalue weighted by Gasteiger charge is 2.45. The van der Waals surface area contributed by atoms with Crippen LogP contribution in [-0.2, 0) is 4.74 Å². The summed E-state index contributed by atoms with van der Waals surface area (Å²) in [5.41, 5.74) is -0.629. The largest absolute Gasteiger partial charge is 0.508 e. The zero-order valence-corrected chi connectivity index (χ0v) is 17.3. The van der Waals surface area contributed by atoms with E-state index in [0.29, 0.717) is 0 Å². The number of ether oxygens (including phenoxy) is 3. The fraction of sp³-hybridized carbons (Fsp3) is 0.318. The zero-order chi connectivity index (χ0) is 23.9. The lowest BCUT2D eigenvalue weighted by molar-refractivity contribution is -0.277. The van der Waals surface area contributed by atoms with Crippen molar-refractivity contribution in [3.8, 4) is 34.3 Å². The highest BCUT2D eigenvalue weighted by molar-refractivity contribution is 5.91. The van der Waals surface area contributed by atoms with E-state index in [1.807, 2.05) is 0 Å². The number of rotatable bonds is 5. The number of benzene rings is 2. The maximum Gasteiger partial charge on any atom is 0.239 e. The van der Waals surface area contributed by atoms with E-state index in [1.54, 1.807) is 0 Å². The molecule has 0 spiro atoms. The highest BCUT2D eigenvalue weighted by Crippen LogP contribution is 2.39. The maximum absolute atomic E-state index is 13.4. The number of phenols is 2. The van der Waals surface area contributed by atoms with Crippen LogP contribution in [0.15, 0.2) is 45.6 Å². The van der Waals surface area contributed by atoms with Crippen molar-refractivity contribution in [3.05, 3.63) is 46.6 Å². The molecule has 3 aromatic rings. The molecule has 176 valence electrons. The van der Waals surface area contributed by atoms with Gasteiger partial charge in [-0.2, -0.15) is 0 Å². The van der Waals surface area contributed by atoms with Gasteiger partial charge in [0.2, 0.25) is 17.5 Å². The Morgan fingerprint density at radius 3 is 2.30 bits per heavy atom. The Bertz CT molecular complexity index is 1200. The minimum absolute atomic E-state index is 0.0477. The maximum atomic E-state index is 13.4. The number of fused-ring (bicyclic) bond motifs is 1. The molecule has 5 atom stereocenters. The summed E-state index contributed by atoms with van der Waals surface area (Å²) in [5.74, 6) is -0.947. The third-order valence-corrected chi connectivity index (χ3v) is 5.38. The third-order valence-electron chi connectivity index (χ3n) is 5.38. The molecule has 0 bridgehead atoms. The number of hydrogen-bond acceptors (Lipinski definition) is 11. The molecule has 2 heterocycles. The van der Waals surface area contributed by atoms with E-state index in [0.717, 1.165) is 0 Å². The van der Waals surface area contributed by atoms with E-state index < -0.39 is 54.2 Å². The standard InChI is InChI=1S/C22H22O11/c1-30-12-7-6-11(25)14-16(27)21(19(32-20(12)14)9-2-4-10(24)5-3-9)33-22-18(29)17(28)15(26)13(8-23)31-22/h2-7,13,15,17-18,22-26,28-29H,8H2,1H3/t13-,15-,17+,18-,22+/m1/s1. The number of methoxy groups -OCH3 is 1. The second kappa shape index (κ2) is 8.89. The molecule has 0 unspecified atom stereocenters. The van der Waals surface area contributed by atoms with Crippen molar-refractivity contribution in [1.29, 1.82) is 0 Å². The summed E-state index contributed by atoms with van der Waals surface area (Å²) in [6.45, 7) is -0.695. The van der Waals surface area contributed by atoms with Crippen LogP contribution in [-0.4, -0.2) is 75.1 Å². The Hall–Kier alpha value is -3.35. The van der Waals surface area contributed by atoms with Gasteiger partial charge in [0.15, 0.2) is 17.1 Å². The van der Waals surface area contributed by atoms with Crippen LogP contribution >= 0.6 is 0 Å². The van der Waals surface area contributed by atoms with Crippen LogP contribution in [0.4, 0.5) is 0 Å². The summed E-state index contributed by atoms with van der Waals surface area (Å²) < 4.78 is 22.1. The van der Waals surface area contributed by atoms with Gasteiger partial charge in [-0.05, 0) is 36.4 Å². The first-order valence-electron chi connectivity index (χ1n) is 9.90. The smallest absolute Gasteiger partial charge is 0.239 e. The first-order chi connectivity index (χ1) is 15.8. The van der Waals surface area contributed by atoms with E-state index in [9.17, 15) is 35.4 Å². The Morgan fingerprint density at radius 2 is 1.67 bits per heavy atom. The second-order valence-electron chi connectivity index (χ2n) is 7.44. The molecular formula is C22H22O11. The fourth-order valence-electron chi connectivity index (χ4n) is 3.59. The molecule has 6 N–H and O–H groups in total. The van der Waals surface area contributed by atoms with Crippen molar-refractivity contribution in [1.82, 2.24) is 0 Å². The van der Waals surface area contributed by atoms with Crippen LogP contribution in [0.25, 0.3) is 22.3 Å². The third kappa shape index (κ3) is 3.96. The molecule has 0 saturated carbocycles. The molecule has 0 aliphatic carbocycles. The molecule has 11 nitrogen and oxygen atoms in total. The predicted molar refractivity (Wildman–Crippen MR) is 112 cm³/mol. The van der Waals surface area contributed by atoms with Crippen LogP contribution in [0.1, 0.15) is 0 Å². The van der Waals surface area contributed by atoms with Crippen LogP contribution in [0, 0.1) is 0 Å². The molecule has 1 aliphatic rings. The molecular weight excluding hydrogens is 440 g/mol. The van der Waals surface area contributed by atoms with Gasteiger partial charge in [0, 0.05) is 5.56 Å². The Kier molecular flexibility index (Phi) is 6.15. The van der Waals surface area contributed by atoms with Gasteiger partial charge in [-0.25, -0.2) is 0 Å². The monoisotopic (exact) mass is 462 g/mol.